The van der Waals surface area contributed by atoms with Crippen LogP contribution >= 0.6 is 0 Å². The Morgan fingerprint density at radius 3 is 2.61 bits per heavy atom. The molecule has 3 aromatic carbocycles. The van der Waals surface area contributed by atoms with Crippen LogP contribution in [0.1, 0.15) is 54.5 Å². The van der Waals surface area contributed by atoms with Gasteiger partial charge in [-0.3, -0.25) is 9.99 Å². The van der Waals surface area contributed by atoms with Crippen molar-refractivity contribution in [3.05, 3.63) is 113 Å². The number of hydrogen-bond acceptors (Lipinski definition) is 7. The Hall–Kier alpha value is -4.55. The van der Waals surface area contributed by atoms with E-state index in [1.807, 2.05) is 48.5 Å². The molecular formula is C32H31BFN7. The van der Waals surface area contributed by atoms with Crippen LogP contribution < -0.4 is 21.6 Å². The van der Waals surface area contributed by atoms with Crippen molar-refractivity contribution in [1.29, 1.82) is 5.26 Å². The summed E-state index contributed by atoms with van der Waals surface area (Å²) < 4.78 is 13.9. The Morgan fingerprint density at radius 1 is 1.17 bits per heavy atom. The smallest absolute Gasteiger partial charge is 0.123 e. The van der Waals surface area contributed by atoms with Gasteiger partial charge in [-0.25, -0.2) is 4.39 Å². The van der Waals surface area contributed by atoms with E-state index in [2.05, 4.69) is 51.7 Å². The van der Waals surface area contributed by atoms with Gasteiger partial charge in [0, 0.05) is 29.5 Å². The highest BCUT2D eigenvalue weighted by Crippen LogP contribution is 2.38. The molecule has 1 fully saturated rings. The average molecular weight is 543 g/mol. The minimum atomic E-state index is -1.21. The number of benzene rings is 3. The van der Waals surface area contributed by atoms with E-state index in [-0.39, 0.29) is 11.9 Å². The fourth-order valence-electron chi connectivity index (χ4n) is 5.39. The minimum Gasteiger partial charge on any atom is -0.378 e. The van der Waals surface area contributed by atoms with Crippen molar-refractivity contribution >= 4 is 30.1 Å². The lowest BCUT2D eigenvalue weighted by Crippen LogP contribution is -2.45. The molecule has 41 heavy (non-hydrogen) atoms. The minimum absolute atomic E-state index is 0.00552. The van der Waals surface area contributed by atoms with Gasteiger partial charge in [0.15, 0.2) is 0 Å². The van der Waals surface area contributed by atoms with E-state index < -0.39 is 5.44 Å². The van der Waals surface area contributed by atoms with Crippen LogP contribution in [0.15, 0.2) is 84.8 Å². The average Bonchev–Trinajstić information content (AvgIpc) is 3.72. The second-order valence-electron chi connectivity index (χ2n) is 10.7. The molecule has 2 heterocycles. The summed E-state index contributed by atoms with van der Waals surface area (Å²) >= 11 is 0. The van der Waals surface area contributed by atoms with Gasteiger partial charge in [-0.15, -0.1) is 5.53 Å². The maximum absolute atomic E-state index is 13.9. The zero-order valence-electron chi connectivity index (χ0n) is 23.1. The highest BCUT2D eigenvalue weighted by molar-refractivity contribution is 6.19. The maximum atomic E-state index is 13.9. The molecule has 4 N–H and O–H groups in total. The summed E-state index contributed by atoms with van der Waals surface area (Å²) in [7, 11) is 7.14. The predicted molar refractivity (Wildman–Crippen MR) is 161 cm³/mol. The number of fused-ring (bicyclic) bond motifs is 1. The number of hydrogen-bond donors (Lipinski definition) is 4. The molecule has 2 atom stereocenters. The largest absolute Gasteiger partial charge is 0.378 e. The van der Waals surface area contributed by atoms with E-state index >= 15 is 0 Å². The van der Waals surface area contributed by atoms with E-state index in [1.165, 1.54) is 12.1 Å². The van der Waals surface area contributed by atoms with Crippen LogP contribution in [0.25, 0.3) is 10.9 Å². The van der Waals surface area contributed by atoms with Gasteiger partial charge in [-0.05, 0) is 67.1 Å². The molecule has 0 bridgehead atoms. The summed E-state index contributed by atoms with van der Waals surface area (Å²) in [5, 5.41) is 20.0. The highest BCUT2D eigenvalue weighted by Gasteiger charge is 2.37. The van der Waals surface area contributed by atoms with Gasteiger partial charge in [0.05, 0.1) is 33.9 Å². The molecule has 7 nitrogen and oxygen atoms in total. The van der Waals surface area contributed by atoms with Crippen LogP contribution in [0, 0.1) is 24.1 Å². The van der Waals surface area contributed by atoms with Crippen molar-refractivity contribution in [2.24, 2.45) is 0 Å². The molecule has 1 aliphatic carbocycles. The summed E-state index contributed by atoms with van der Waals surface area (Å²) in [6.45, 7) is 4.11. The molecule has 6 rings (SSSR count). The third-order valence-electron chi connectivity index (χ3n) is 7.81. The zero-order valence-corrected chi connectivity index (χ0v) is 23.1. The fraction of sp³-hybridized carbons (Fsp3) is 0.250. The molecule has 0 saturated heterocycles. The van der Waals surface area contributed by atoms with Crippen LogP contribution in [0.2, 0.25) is 0 Å². The lowest BCUT2D eigenvalue weighted by Gasteiger charge is -2.34. The van der Waals surface area contributed by atoms with E-state index in [0.717, 1.165) is 52.7 Å². The summed E-state index contributed by atoms with van der Waals surface area (Å²) in [6.07, 6.45) is 6.64. The number of aromatic nitrogens is 1. The molecule has 9 heteroatoms. The normalized spacial score (nSPS) is 16.8. The molecular weight excluding hydrogens is 512 g/mol. The first-order chi connectivity index (χ1) is 19.9. The van der Waals surface area contributed by atoms with Gasteiger partial charge in [0.2, 0.25) is 0 Å². The Balaban J connectivity index is 1.44. The van der Waals surface area contributed by atoms with Crippen LogP contribution in [-0.2, 0) is 5.44 Å². The monoisotopic (exact) mass is 543 g/mol. The number of pyridine rings is 1. The SMILES string of the molecule is [B]C(Nc1cc(C)c2ncc(C#N)c(N[C@H](CC)c3ccccc3)c2c1)(C1=CN(C2CC2)NN1)c1ccc(F)cc1. The number of anilines is 2. The lowest BCUT2D eigenvalue weighted by molar-refractivity contribution is 0.260. The molecule has 0 amide bonds. The Morgan fingerprint density at radius 2 is 1.93 bits per heavy atom. The third kappa shape index (κ3) is 5.19. The molecule has 4 aromatic rings. The second-order valence-corrected chi connectivity index (χ2v) is 10.7. The summed E-state index contributed by atoms with van der Waals surface area (Å²) in [6, 6.07) is 23.1. The van der Waals surface area contributed by atoms with Crippen LogP contribution in [0.3, 0.4) is 0 Å². The first kappa shape index (κ1) is 26.7. The summed E-state index contributed by atoms with van der Waals surface area (Å²) in [4.78, 5) is 4.63. The lowest BCUT2D eigenvalue weighted by atomic mass is 9.69. The van der Waals surface area contributed by atoms with Gasteiger partial charge in [0.25, 0.3) is 0 Å². The number of halogens is 1. The topological polar surface area (TPSA) is 88.0 Å². The maximum Gasteiger partial charge on any atom is 0.123 e. The van der Waals surface area contributed by atoms with E-state index in [1.54, 1.807) is 18.3 Å². The number of nitriles is 1. The number of rotatable bonds is 9. The van der Waals surface area contributed by atoms with Crippen molar-refractivity contribution in [1.82, 2.24) is 21.0 Å². The van der Waals surface area contributed by atoms with Crippen molar-refractivity contribution in [3.63, 3.8) is 0 Å². The van der Waals surface area contributed by atoms with Crippen LogP contribution in [-0.4, -0.2) is 23.9 Å². The van der Waals surface area contributed by atoms with Gasteiger partial charge in [0.1, 0.15) is 19.7 Å². The van der Waals surface area contributed by atoms with Crippen LogP contribution in [0.5, 0.6) is 0 Å². The predicted octanol–water partition coefficient (Wildman–Crippen LogP) is 5.88. The summed E-state index contributed by atoms with van der Waals surface area (Å²) in [5.41, 5.74) is 11.4. The van der Waals surface area contributed by atoms with Gasteiger partial charge < -0.3 is 16.1 Å². The van der Waals surface area contributed by atoms with Crippen molar-refractivity contribution < 1.29 is 4.39 Å². The summed E-state index contributed by atoms with van der Waals surface area (Å²) in [5.74, 6) is -0.335. The standard InChI is InChI=1S/C32H31BFN7/c1-3-28(21-7-5-4-6-8-21)37-31-22(17-35)18-36-30-20(2)15-25(16-27(30)31)38-32(33,23-9-11-24(34)12-10-23)29-19-41(40-39-29)26-13-14-26/h4-12,15-16,18-19,26,28,38-40H,3,13-14H2,1-2H3,(H,36,37)/t28-,32?/m1/s1. The van der Waals surface area contributed by atoms with Crippen LogP contribution in [0.4, 0.5) is 15.8 Å². The van der Waals surface area contributed by atoms with Gasteiger partial charge >= 0.3 is 0 Å². The molecule has 204 valence electrons. The number of nitrogens with zero attached hydrogens (tertiary/aromatic N) is 3. The number of aryl methyl sites for hydroxylation is 1. The highest BCUT2D eigenvalue weighted by atomic mass is 19.1. The molecule has 1 saturated carbocycles. The van der Waals surface area contributed by atoms with Gasteiger partial charge in [-0.1, -0.05) is 49.4 Å². The molecule has 2 aliphatic rings. The van der Waals surface area contributed by atoms with Crippen molar-refractivity contribution in [2.45, 2.75) is 50.6 Å². The quantitative estimate of drug-likeness (QED) is 0.196. The zero-order chi connectivity index (χ0) is 28.6. The number of nitrogens with one attached hydrogen (secondary N) is 4. The van der Waals surface area contributed by atoms with E-state index in [4.69, 9.17) is 7.85 Å². The first-order valence-electron chi connectivity index (χ1n) is 13.9. The molecule has 1 aliphatic heterocycles. The van der Waals surface area contributed by atoms with E-state index in [9.17, 15) is 9.65 Å². The second kappa shape index (κ2) is 10.8. The third-order valence-corrected chi connectivity index (χ3v) is 7.81. The van der Waals surface area contributed by atoms with Gasteiger partial charge in [-0.2, -0.15) is 5.26 Å². The molecule has 1 aromatic heterocycles. The molecule has 0 spiro atoms. The Labute approximate surface area is 240 Å². The van der Waals surface area contributed by atoms with E-state index in [0.29, 0.717) is 22.9 Å². The Kier molecular flexibility index (Phi) is 7.02. The fourth-order valence-corrected chi connectivity index (χ4v) is 5.39. The number of hydrazine groups is 2. The van der Waals surface area contributed by atoms with Crippen molar-refractivity contribution in [3.8, 4) is 6.07 Å². The first-order valence-corrected chi connectivity index (χ1v) is 13.9. The molecule has 1 unspecified atom stereocenters. The molecule has 2 radical (unpaired) electrons. The Bertz CT molecular complexity index is 1650. The van der Waals surface area contributed by atoms with Crippen molar-refractivity contribution in [2.75, 3.05) is 10.6 Å².